The zero-order chi connectivity index (χ0) is 30.2. The number of carbonyl (C=O) groups is 4. The number of benzene rings is 2. The van der Waals surface area contributed by atoms with Crippen LogP contribution in [-0.4, -0.2) is 45.4 Å². The molecule has 220 valence electrons. The Morgan fingerprint density at radius 1 is 0.667 bits per heavy atom. The minimum absolute atomic E-state index is 0.0496. The molecule has 2 heterocycles. The van der Waals surface area contributed by atoms with Gasteiger partial charge >= 0.3 is 0 Å². The van der Waals surface area contributed by atoms with Gasteiger partial charge in [0.2, 0.25) is 11.8 Å². The van der Waals surface area contributed by atoms with Gasteiger partial charge in [-0.1, -0.05) is 98.9 Å². The van der Waals surface area contributed by atoms with E-state index < -0.39 is 0 Å². The van der Waals surface area contributed by atoms with Gasteiger partial charge in [0.05, 0.1) is 34.0 Å². The standard InChI is InChI=1S/C30H32N4O4S4/c1-3-5-15-31-23(35)17-19-7-11-21(12-8-19)33-27(37)25(41-29(33)39)26-28(38)34(30(40)42-26)22-13-9-20(10-14-22)18-24(36)32-16-6-4-2/h7-14H,3-6,15-18H2,1-2H3,(H,31,35)(H,32,36). The van der Waals surface area contributed by atoms with Gasteiger partial charge in [0.25, 0.3) is 11.8 Å². The number of amides is 4. The first-order valence-electron chi connectivity index (χ1n) is 13.8. The second kappa shape index (κ2) is 14.9. The number of thioether (sulfide) groups is 2. The van der Waals surface area contributed by atoms with E-state index >= 15 is 0 Å². The Balaban J connectivity index is 1.44. The van der Waals surface area contributed by atoms with Gasteiger partial charge in [-0.2, -0.15) is 0 Å². The van der Waals surface area contributed by atoms with Crippen LogP contribution in [0, 0.1) is 0 Å². The fourth-order valence-corrected chi connectivity index (χ4v) is 7.04. The number of carbonyl (C=O) groups excluding carboxylic acids is 4. The number of thiocarbonyl (C=S) groups is 2. The molecule has 4 amide bonds. The summed E-state index contributed by atoms with van der Waals surface area (Å²) in [5, 5.41) is 5.79. The molecule has 2 N–H and O–H groups in total. The fraction of sp³-hybridized carbons (Fsp3) is 0.333. The highest BCUT2D eigenvalue weighted by Gasteiger charge is 2.43. The minimum atomic E-state index is -0.389. The summed E-state index contributed by atoms with van der Waals surface area (Å²) >= 11 is 13.2. The minimum Gasteiger partial charge on any atom is -0.356 e. The Labute approximate surface area is 265 Å². The summed E-state index contributed by atoms with van der Waals surface area (Å²) in [6.07, 6.45) is 4.39. The Hall–Kier alpha value is -3.06. The van der Waals surface area contributed by atoms with Crippen LogP contribution < -0.4 is 20.4 Å². The van der Waals surface area contributed by atoms with Crippen LogP contribution >= 0.6 is 48.0 Å². The number of hydrogen-bond donors (Lipinski definition) is 2. The van der Waals surface area contributed by atoms with Gasteiger partial charge in [0.1, 0.15) is 0 Å². The van der Waals surface area contributed by atoms with Crippen LogP contribution in [0.4, 0.5) is 11.4 Å². The van der Waals surface area contributed by atoms with Crippen molar-refractivity contribution >= 4 is 91.6 Å². The largest absolute Gasteiger partial charge is 0.356 e. The number of hydrogen-bond acceptors (Lipinski definition) is 8. The number of rotatable bonds is 12. The molecule has 0 radical (unpaired) electrons. The van der Waals surface area contributed by atoms with E-state index in [9.17, 15) is 19.2 Å². The van der Waals surface area contributed by atoms with E-state index in [2.05, 4.69) is 24.5 Å². The van der Waals surface area contributed by atoms with E-state index in [0.717, 1.165) is 60.3 Å². The molecule has 0 bridgehead atoms. The molecule has 2 aromatic rings. The van der Waals surface area contributed by atoms with Crippen LogP contribution in [0.3, 0.4) is 0 Å². The molecule has 2 aromatic carbocycles. The average molecular weight is 641 g/mol. The highest BCUT2D eigenvalue weighted by Crippen LogP contribution is 2.44. The zero-order valence-corrected chi connectivity index (χ0v) is 26.7. The summed E-state index contributed by atoms with van der Waals surface area (Å²) in [7, 11) is 0. The quantitative estimate of drug-likeness (QED) is 0.185. The molecule has 0 atom stereocenters. The highest BCUT2D eigenvalue weighted by atomic mass is 32.2. The first-order chi connectivity index (χ1) is 20.2. The van der Waals surface area contributed by atoms with Gasteiger partial charge in [-0.25, -0.2) is 0 Å². The molecule has 12 heteroatoms. The maximum Gasteiger partial charge on any atom is 0.272 e. The summed E-state index contributed by atoms with van der Waals surface area (Å²) in [6.45, 7) is 5.44. The van der Waals surface area contributed by atoms with E-state index in [1.165, 1.54) is 9.80 Å². The lowest BCUT2D eigenvalue weighted by Gasteiger charge is -2.15. The van der Waals surface area contributed by atoms with Gasteiger partial charge in [0, 0.05) is 13.1 Å². The van der Waals surface area contributed by atoms with E-state index in [1.54, 1.807) is 48.5 Å². The van der Waals surface area contributed by atoms with Crippen molar-refractivity contribution in [2.45, 2.75) is 52.4 Å². The van der Waals surface area contributed by atoms with Crippen molar-refractivity contribution in [3.8, 4) is 0 Å². The first-order valence-corrected chi connectivity index (χ1v) is 16.3. The van der Waals surface area contributed by atoms with Crippen molar-refractivity contribution < 1.29 is 19.2 Å². The van der Waals surface area contributed by atoms with Gasteiger partial charge in [0.15, 0.2) is 8.64 Å². The van der Waals surface area contributed by atoms with E-state index in [1.807, 2.05) is 0 Å². The van der Waals surface area contributed by atoms with Crippen LogP contribution in [0.2, 0.25) is 0 Å². The predicted octanol–water partition coefficient (Wildman–Crippen LogP) is 5.25. The maximum atomic E-state index is 13.5. The van der Waals surface area contributed by atoms with Crippen molar-refractivity contribution in [1.82, 2.24) is 10.6 Å². The monoisotopic (exact) mass is 640 g/mol. The van der Waals surface area contributed by atoms with Crippen molar-refractivity contribution in [1.29, 1.82) is 0 Å². The third-order valence-electron chi connectivity index (χ3n) is 6.57. The molecular formula is C30H32N4O4S4. The Bertz CT molecular complexity index is 1320. The predicted molar refractivity (Wildman–Crippen MR) is 179 cm³/mol. The van der Waals surface area contributed by atoms with Crippen LogP contribution in [0.25, 0.3) is 0 Å². The van der Waals surface area contributed by atoms with Crippen molar-refractivity contribution in [2.75, 3.05) is 22.9 Å². The van der Waals surface area contributed by atoms with Crippen molar-refractivity contribution in [3.63, 3.8) is 0 Å². The van der Waals surface area contributed by atoms with Crippen LogP contribution in [0.1, 0.15) is 50.7 Å². The van der Waals surface area contributed by atoms with Gasteiger partial charge in [-0.05, 0) is 48.2 Å². The van der Waals surface area contributed by atoms with E-state index in [-0.39, 0.29) is 46.3 Å². The van der Waals surface area contributed by atoms with E-state index in [0.29, 0.717) is 33.1 Å². The number of nitrogens with zero attached hydrogens (tertiary/aromatic N) is 2. The van der Waals surface area contributed by atoms with Crippen LogP contribution in [-0.2, 0) is 32.0 Å². The lowest BCUT2D eigenvalue weighted by atomic mass is 10.1. The average Bonchev–Trinajstić information content (AvgIpc) is 3.43. The summed E-state index contributed by atoms with van der Waals surface area (Å²) in [5.74, 6) is -0.877. The molecule has 4 rings (SSSR count). The number of nitrogens with one attached hydrogen (secondary N) is 2. The third-order valence-corrected chi connectivity index (χ3v) is 9.44. The molecule has 2 aliphatic rings. The normalized spacial score (nSPS) is 16.9. The van der Waals surface area contributed by atoms with E-state index in [4.69, 9.17) is 24.4 Å². The summed E-state index contributed by atoms with van der Waals surface area (Å²) in [5.41, 5.74) is 2.77. The first kappa shape index (κ1) is 31.9. The Morgan fingerprint density at radius 2 is 1.02 bits per heavy atom. The molecule has 42 heavy (non-hydrogen) atoms. The molecule has 8 nitrogen and oxygen atoms in total. The van der Waals surface area contributed by atoms with Crippen LogP contribution in [0.5, 0.6) is 0 Å². The van der Waals surface area contributed by atoms with Gasteiger partial charge < -0.3 is 10.6 Å². The molecule has 2 fully saturated rings. The lowest BCUT2D eigenvalue weighted by molar-refractivity contribution is -0.121. The molecule has 0 aliphatic carbocycles. The smallest absolute Gasteiger partial charge is 0.272 e. The topological polar surface area (TPSA) is 98.8 Å². The second-order valence-corrected chi connectivity index (χ2v) is 13.1. The van der Waals surface area contributed by atoms with Crippen LogP contribution in [0.15, 0.2) is 58.3 Å². The second-order valence-electron chi connectivity index (χ2n) is 9.77. The zero-order valence-electron chi connectivity index (χ0n) is 23.4. The molecule has 2 saturated heterocycles. The Kier molecular flexibility index (Phi) is 11.3. The lowest BCUT2D eigenvalue weighted by Crippen LogP contribution is -2.29. The van der Waals surface area contributed by atoms with Gasteiger partial charge in [-0.15, -0.1) is 0 Å². The molecule has 0 aromatic heterocycles. The third kappa shape index (κ3) is 7.66. The molecule has 0 unspecified atom stereocenters. The maximum absolute atomic E-state index is 13.5. The fourth-order valence-electron chi connectivity index (χ4n) is 4.29. The summed E-state index contributed by atoms with van der Waals surface area (Å²) in [6, 6.07) is 14.2. The molecule has 2 aliphatic heterocycles. The number of unbranched alkanes of at least 4 members (excludes halogenated alkanes) is 2. The van der Waals surface area contributed by atoms with Gasteiger partial charge in [-0.3, -0.25) is 29.0 Å². The molecule has 0 spiro atoms. The van der Waals surface area contributed by atoms with Crippen molar-refractivity contribution in [3.05, 3.63) is 69.5 Å². The molecular weight excluding hydrogens is 609 g/mol. The summed E-state index contributed by atoms with van der Waals surface area (Å²) < 4.78 is 0.624. The number of anilines is 2. The SMILES string of the molecule is CCCCNC(=O)Cc1ccc(N2C(=O)C(=C3SC(=S)N(c4ccc(CC(=O)NCCCC)cc4)C3=O)SC2=S)cc1. The molecule has 0 saturated carbocycles. The van der Waals surface area contributed by atoms with Crippen molar-refractivity contribution in [2.24, 2.45) is 0 Å². The highest BCUT2D eigenvalue weighted by molar-refractivity contribution is 8.30. The Morgan fingerprint density at radius 3 is 1.36 bits per heavy atom. The summed E-state index contributed by atoms with van der Waals surface area (Å²) in [4.78, 5) is 54.5.